The molecule has 0 radical (unpaired) electrons. The molecule has 0 saturated heterocycles. The first-order valence-electron chi connectivity index (χ1n) is 6.14. The van der Waals surface area contributed by atoms with Gasteiger partial charge in [0.1, 0.15) is 11.5 Å². The molecule has 1 N–H and O–H groups in total. The quantitative estimate of drug-likeness (QED) is 0.350. The lowest BCUT2D eigenvalue weighted by Gasteiger charge is -2.17. The van der Waals surface area contributed by atoms with Crippen molar-refractivity contribution in [2.75, 3.05) is 0 Å². The third kappa shape index (κ3) is 4.94. The third-order valence-electron chi connectivity index (χ3n) is 2.55. The Kier molecular flexibility index (Phi) is 6.22. The second-order valence-electron chi connectivity index (χ2n) is 4.69. The van der Waals surface area contributed by atoms with Crippen LogP contribution in [0.2, 0.25) is 0 Å². The normalized spacial score (nSPS) is 14.4. The molecule has 0 aliphatic rings. The van der Waals surface area contributed by atoms with Gasteiger partial charge in [0, 0.05) is 12.1 Å². The molecule has 0 saturated carbocycles. The van der Waals surface area contributed by atoms with Crippen molar-refractivity contribution < 1.29 is 78.2 Å². The number of rotatable bonds is 5. The molecule has 0 fully saturated rings. The Morgan fingerprint density at radius 3 is 1.43 bits per heavy atom. The maximum atomic E-state index is 12.7. The van der Waals surface area contributed by atoms with Gasteiger partial charge in [-0.15, -0.1) is 0 Å². The Balaban J connectivity index is 3.86. The van der Waals surface area contributed by atoms with Crippen LogP contribution in [0.15, 0.2) is 17.0 Å². The fourth-order valence-corrected chi connectivity index (χ4v) is 3.29. The standard InChI is InChI=1S/C9H3F9O9S3/c10-7(11,12)28(20,21)6-4(19)1-3(26-29(22,23)8(13,14)15)2-5(6)27-30(24,25)9(16,17)18/h1-2,19H. The lowest BCUT2D eigenvalue weighted by Crippen LogP contribution is -2.30. The molecule has 0 aliphatic heterocycles. The number of aromatic hydroxyl groups is 1. The first kappa shape index (κ1) is 25.9. The Labute approximate surface area is 159 Å². The minimum absolute atomic E-state index is 0.491. The highest BCUT2D eigenvalue weighted by atomic mass is 32.2. The summed E-state index contributed by atoms with van der Waals surface area (Å²) >= 11 is 0. The Morgan fingerprint density at radius 1 is 0.667 bits per heavy atom. The van der Waals surface area contributed by atoms with Gasteiger partial charge in [-0.05, 0) is 0 Å². The van der Waals surface area contributed by atoms with Gasteiger partial charge in [-0.1, -0.05) is 0 Å². The van der Waals surface area contributed by atoms with Crippen molar-refractivity contribution in [3.8, 4) is 17.2 Å². The van der Waals surface area contributed by atoms with Crippen LogP contribution in [-0.2, 0) is 30.1 Å². The zero-order valence-corrected chi connectivity index (χ0v) is 15.4. The summed E-state index contributed by atoms with van der Waals surface area (Å²) in [7, 11) is -20.5. The van der Waals surface area contributed by atoms with Gasteiger partial charge in [0.15, 0.2) is 10.6 Å². The van der Waals surface area contributed by atoms with E-state index in [0.29, 0.717) is 0 Å². The summed E-state index contributed by atoms with van der Waals surface area (Å²) < 4.78 is 185. The van der Waals surface area contributed by atoms with Crippen molar-refractivity contribution in [1.29, 1.82) is 0 Å². The second-order valence-corrected chi connectivity index (χ2v) is 9.64. The van der Waals surface area contributed by atoms with E-state index in [1.54, 1.807) is 0 Å². The minimum atomic E-state index is -6.95. The molecule has 1 aromatic carbocycles. The van der Waals surface area contributed by atoms with E-state index in [1.165, 1.54) is 0 Å². The number of benzene rings is 1. The van der Waals surface area contributed by atoms with Crippen LogP contribution in [-0.4, -0.2) is 46.9 Å². The zero-order valence-electron chi connectivity index (χ0n) is 13.0. The Morgan fingerprint density at radius 2 is 1.07 bits per heavy atom. The predicted octanol–water partition coefficient (Wildman–Crippen LogP) is 2.14. The fourth-order valence-electron chi connectivity index (χ4n) is 1.40. The van der Waals surface area contributed by atoms with E-state index in [4.69, 9.17) is 0 Å². The first-order chi connectivity index (χ1) is 12.9. The third-order valence-corrected chi connectivity index (χ3v) is 6.06. The Bertz CT molecular complexity index is 1140. The summed E-state index contributed by atoms with van der Waals surface area (Å²) in [6.45, 7) is 0. The van der Waals surface area contributed by atoms with Gasteiger partial charge in [0.2, 0.25) is 0 Å². The molecule has 30 heavy (non-hydrogen) atoms. The van der Waals surface area contributed by atoms with E-state index in [2.05, 4.69) is 8.37 Å². The molecule has 1 aromatic rings. The highest BCUT2D eigenvalue weighted by Gasteiger charge is 2.54. The lowest BCUT2D eigenvalue weighted by molar-refractivity contribution is -0.0503. The molecule has 0 bridgehead atoms. The monoisotopic (exact) mass is 522 g/mol. The van der Waals surface area contributed by atoms with Crippen LogP contribution in [0.4, 0.5) is 39.5 Å². The number of sulfone groups is 1. The molecule has 0 atom stereocenters. The summed E-state index contributed by atoms with van der Waals surface area (Å²) in [5.41, 5.74) is -19.0. The van der Waals surface area contributed by atoms with Gasteiger partial charge in [-0.3, -0.25) is 0 Å². The molecule has 0 amide bonds. The molecule has 21 heteroatoms. The van der Waals surface area contributed by atoms with E-state index in [1.807, 2.05) is 0 Å². The molecule has 0 heterocycles. The molecule has 174 valence electrons. The summed E-state index contributed by atoms with van der Waals surface area (Å²) in [6, 6.07) is -1.17. The maximum absolute atomic E-state index is 12.7. The van der Waals surface area contributed by atoms with Crippen molar-refractivity contribution in [1.82, 2.24) is 0 Å². The largest absolute Gasteiger partial charge is 0.534 e. The van der Waals surface area contributed by atoms with Gasteiger partial charge in [-0.25, -0.2) is 8.42 Å². The van der Waals surface area contributed by atoms with Crippen molar-refractivity contribution in [2.24, 2.45) is 0 Å². The number of hydrogen-bond donors (Lipinski definition) is 1. The number of phenolic OH excluding ortho intramolecular Hbond substituents is 1. The average molecular weight is 522 g/mol. The zero-order chi connectivity index (χ0) is 24.1. The van der Waals surface area contributed by atoms with Crippen LogP contribution in [0.25, 0.3) is 0 Å². The van der Waals surface area contributed by atoms with E-state index < -0.39 is 80.9 Å². The maximum Gasteiger partial charge on any atom is 0.534 e. The van der Waals surface area contributed by atoms with Gasteiger partial charge in [0.05, 0.1) is 0 Å². The van der Waals surface area contributed by atoms with Crippen LogP contribution in [0.5, 0.6) is 17.2 Å². The van der Waals surface area contributed by atoms with Gasteiger partial charge in [0.25, 0.3) is 9.84 Å². The fraction of sp³-hybridized carbons (Fsp3) is 0.333. The molecular formula is C9H3F9O9S3. The van der Waals surface area contributed by atoms with Gasteiger partial charge >= 0.3 is 36.8 Å². The van der Waals surface area contributed by atoms with Crippen molar-refractivity contribution in [3.05, 3.63) is 12.1 Å². The first-order valence-corrected chi connectivity index (χ1v) is 10.4. The highest BCUT2D eigenvalue weighted by molar-refractivity contribution is 7.92. The lowest BCUT2D eigenvalue weighted by atomic mass is 10.3. The molecule has 0 aliphatic carbocycles. The summed E-state index contributed by atoms with van der Waals surface area (Å²) in [5.74, 6) is -6.86. The molecule has 0 spiro atoms. The number of phenols is 1. The number of halogens is 9. The van der Waals surface area contributed by atoms with Gasteiger partial charge < -0.3 is 13.5 Å². The molecule has 0 aromatic heterocycles. The smallest absolute Gasteiger partial charge is 0.506 e. The highest BCUT2D eigenvalue weighted by Crippen LogP contribution is 2.45. The van der Waals surface area contributed by atoms with Crippen LogP contribution in [0, 0.1) is 0 Å². The van der Waals surface area contributed by atoms with Gasteiger partial charge in [-0.2, -0.15) is 56.3 Å². The molecule has 0 unspecified atom stereocenters. The Hall–Kier alpha value is -2.16. The number of hydrogen-bond acceptors (Lipinski definition) is 9. The minimum Gasteiger partial charge on any atom is -0.506 e. The van der Waals surface area contributed by atoms with E-state index in [-0.39, 0.29) is 0 Å². The second kappa shape index (κ2) is 7.21. The van der Waals surface area contributed by atoms with Crippen molar-refractivity contribution in [2.45, 2.75) is 21.4 Å². The van der Waals surface area contributed by atoms with Crippen LogP contribution in [0.3, 0.4) is 0 Å². The summed E-state index contributed by atoms with van der Waals surface area (Å²) in [4.78, 5) is -2.68. The summed E-state index contributed by atoms with van der Waals surface area (Å²) in [5, 5.41) is 9.38. The summed E-state index contributed by atoms with van der Waals surface area (Å²) in [6.07, 6.45) is 0. The van der Waals surface area contributed by atoms with Crippen LogP contribution in [0.1, 0.15) is 0 Å². The van der Waals surface area contributed by atoms with Crippen molar-refractivity contribution in [3.63, 3.8) is 0 Å². The van der Waals surface area contributed by atoms with E-state index >= 15 is 0 Å². The predicted molar refractivity (Wildman–Crippen MR) is 72.6 cm³/mol. The molecule has 9 nitrogen and oxygen atoms in total. The van der Waals surface area contributed by atoms with E-state index in [9.17, 15) is 69.9 Å². The average Bonchev–Trinajstić information content (AvgIpc) is 2.41. The molecule has 1 rings (SSSR count). The van der Waals surface area contributed by atoms with Crippen LogP contribution < -0.4 is 8.37 Å². The SMILES string of the molecule is O=S(=O)(Oc1cc(O)c(S(=O)(=O)C(F)(F)F)c(OS(=O)(=O)C(F)(F)F)c1)C(F)(F)F. The molecular weight excluding hydrogens is 519 g/mol. The van der Waals surface area contributed by atoms with Crippen molar-refractivity contribution >= 4 is 30.1 Å². The number of alkyl halides is 9. The van der Waals surface area contributed by atoms with E-state index in [0.717, 1.165) is 0 Å². The topological polar surface area (TPSA) is 141 Å². The van der Waals surface area contributed by atoms with Crippen LogP contribution >= 0.6 is 0 Å².